The number of thioether (sulfide) groups is 1. The van der Waals surface area contributed by atoms with E-state index < -0.39 is 0 Å². The van der Waals surface area contributed by atoms with Gasteiger partial charge in [0.15, 0.2) is 0 Å². The predicted octanol–water partition coefficient (Wildman–Crippen LogP) is 8.02. The standard InChI is InChI=1S/C28H48OS/c1-18(2)8-7-9-19(3)22-12-13-23-21-11-10-20-16-26(30-6)25(29)17-28(20,5)24(21)14-15-27(22,23)4/h18-24,26H,7-17H2,1-6H3/t19-,20+,21+,22-,23+,24+,26?,27-,28+/m1/s1. The molecule has 30 heavy (non-hydrogen) atoms. The number of ketones is 1. The average molecular weight is 433 g/mol. The van der Waals surface area contributed by atoms with Gasteiger partial charge in [-0.1, -0.05) is 53.9 Å². The molecule has 0 heterocycles. The van der Waals surface area contributed by atoms with E-state index in [1.54, 1.807) is 0 Å². The quantitative estimate of drug-likeness (QED) is 0.422. The van der Waals surface area contributed by atoms with E-state index in [1.807, 2.05) is 11.8 Å². The van der Waals surface area contributed by atoms with Crippen molar-refractivity contribution in [3.63, 3.8) is 0 Å². The molecule has 0 N–H and O–H groups in total. The molecule has 0 saturated heterocycles. The van der Waals surface area contributed by atoms with Crippen LogP contribution < -0.4 is 0 Å². The van der Waals surface area contributed by atoms with Gasteiger partial charge in [-0.2, -0.15) is 11.8 Å². The van der Waals surface area contributed by atoms with Gasteiger partial charge in [0.1, 0.15) is 5.78 Å². The third-order valence-electron chi connectivity index (χ3n) is 11.0. The first-order valence-corrected chi connectivity index (χ1v) is 14.5. The van der Waals surface area contributed by atoms with Crippen LogP contribution >= 0.6 is 11.8 Å². The summed E-state index contributed by atoms with van der Waals surface area (Å²) < 4.78 is 0. The van der Waals surface area contributed by atoms with Crippen LogP contribution in [0.15, 0.2) is 0 Å². The Balaban J connectivity index is 1.48. The summed E-state index contributed by atoms with van der Waals surface area (Å²) in [6.07, 6.45) is 17.1. The molecule has 0 aromatic heterocycles. The third kappa shape index (κ3) is 3.84. The summed E-state index contributed by atoms with van der Waals surface area (Å²) in [5.41, 5.74) is 0.872. The van der Waals surface area contributed by atoms with Crippen LogP contribution in [0, 0.1) is 52.3 Å². The molecule has 172 valence electrons. The van der Waals surface area contributed by atoms with E-state index in [0.717, 1.165) is 54.3 Å². The van der Waals surface area contributed by atoms with Gasteiger partial charge in [-0.25, -0.2) is 0 Å². The fraction of sp³-hybridized carbons (Fsp3) is 0.964. The molecular weight excluding hydrogens is 384 g/mol. The lowest BCUT2D eigenvalue weighted by molar-refractivity contribution is -0.141. The van der Waals surface area contributed by atoms with Gasteiger partial charge in [-0.3, -0.25) is 4.79 Å². The van der Waals surface area contributed by atoms with Gasteiger partial charge in [0.05, 0.1) is 5.25 Å². The number of Topliss-reactive ketones (excluding diaryl/α,β-unsaturated/α-hetero) is 1. The molecule has 4 aliphatic carbocycles. The number of fused-ring (bicyclic) bond motifs is 5. The maximum absolute atomic E-state index is 12.9. The minimum atomic E-state index is 0.288. The SMILES string of the molecule is CSC1C[C@@H]2CC[C@@H]3[C@H](CC[C@]4(C)[C@@H]([C@H](C)CCCC(C)C)CC[C@@H]34)[C@@]2(C)CC1=O. The number of rotatable bonds is 6. The summed E-state index contributed by atoms with van der Waals surface area (Å²) in [6.45, 7) is 12.5. The van der Waals surface area contributed by atoms with Crippen LogP contribution in [0.25, 0.3) is 0 Å². The molecule has 0 amide bonds. The Morgan fingerprint density at radius 1 is 0.967 bits per heavy atom. The fourth-order valence-corrected chi connectivity index (χ4v) is 10.1. The lowest BCUT2D eigenvalue weighted by atomic mass is 9.44. The lowest BCUT2D eigenvalue weighted by Crippen LogP contribution is -2.55. The van der Waals surface area contributed by atoms with Crippen molar-refractivity contribution in [1.29, 1.82) is 0 Å². The molecule has 0 radical (unpaired) electrons. The van der Waals surface area contributed by atoms with Crippen molar-refractivity contribution in [3.8, 4) is 0 Å². The first kappa shape index (κ1) is 23.2. The first-order chi connectivity index (χ1) is 14.2. The van der Waals surface area contributed by atoms with Crippen molar-refractivity contribution >= 4 is 17.5 Å². The summed E-state index contributed by atoms with van der Waals surface area (Å²) in [7, 11) is 0. The van der Waals surface area contributed by atoms with Crippen molar-refractivity contribution < 1.29 is 4.79 Å². The van der Waals surface area contributed by atoms with E-state index in [-0.39, 0.29) is 5.25 Å². The molecule has 1 nitrogen and oxygen atoms in total. The molecule has 1 unspecified atom stereocenters. The highest BCUT2D eigenvalue weighted by Crippen LogP contribution is 2.68. The summed E-state index contributed by atoms with van der Waals surface area (Å²) in [5.74, 6) is 6.69. The van der Waals surface area contributed by atoms with Gasteiger partial charge in [-0.05, 0) is 103 Å². The van der Waals surface area contributed by atoms with E-state index in [9.17, 15) is 4.79 Å². The molecule has 4 aliphatic rings. The van der Waals surface area contributed by atoms with Gasteiger partial charge in [-0.15, -0.1) is 0 Å². The smallest absolute Gasteiger partial charge is 0.146 e. The zero-order valence-corrected chi connectivity index (χ0v) is 21.5. The Bertz CT molecular complexity index is 628. The number of carbonyl (C=O) groups is 1. The van der Waals surface area contributed by atoms with Crippen molar-refractivity contribution in [3.05, 3.63) is 0 Å². The van der Waals surface area contributed by atoms with Gasteiger partial charge in [0, 0.05) is 6.42 Å². The largest absolute Gasteiger partial charge is 0.298 e. The zero-order valence-electron chi connectivity index (χ0n) is 20.7. The molecule has 0 aromatic carbocycles. The maximum Gasteiger partial charge on any atom is 0.146 e. The van der Waals surface area contributed by atoms with Crippen LogP contribution in [0.3, 0.4) is 0 Å². The summed E-state index contributed by atoms with van der Waals surface area (Å²) in [4.78, 5) is 12.9. The van der Waals surface area contributed by atoms with Crippen LogP contribution in [-0.2, 0) is 4.79 Å². The lowest BCUT2D eigenvalue weighted by Gasteiger charge is -2.61. The van der Waals surface area contributed by atoms with Crippen molar-refractivity contribution in [1.82, 2.24) is 0 Å². The van der Waals surface area contributed by atoms with Crippen LogP contribution in [0.1, 0.15) is 105 Å². The van der Waals surface area contributed by atoms with E-state index in [0.29, 0.717) is 16.6 Å². The van der Waals surface area contributed by atoms with Gasteiger partial charge in [0.25, 0.3) is 0 Å². The number of hydrogen-bond acceptors (Lipinski definition) is 2. The van der Waals surface area contributed by atoms with Crippen molar-refractivity contribution in [2.75, 3.05) is 6.26 Å². The minimum absolute atomic E-state index is 0.288. The second-order valence-corrected chi connectivity index (χ2v) is 13.8. The zero-order chi connectivity index (χ0) is 21.7. The molecule has 4 rings (SSSR count). The van der Waals surface area contributed by atoms with Crippen LogP contribution in [0.4, 0.5) is 0 Å². The Hall–Kier alpha value is 0.0200. The van der Waals surface area contributed by atoms with Crippen LogP contribution in [0.5, 0.6) is 0 Å². The normalized spacial score (nSPS) is 47.0. The van der Waals surface area contributed by atoms with Crippen molar-refractivity contribution in [2.24, 2.45) is 52.3 Å². The predicted molar refractivity (Wildman–Crippen MR) is 131 cm³/mol. The Kier molecular flexibility index (Phi) is 6.77. The van der Waals surface area contributed by atoms with Crippen LogP contribution in [0.2, 0.25) is 0 Å². The molecule has 0 bridgehead atoms. The molecule has 9 atom stereocenters. The van der Waals surface area contributed by atoms with Gasteiger partial charge < -0.3 is 0 Å². The third-order valence-corrected chi connectivity index (χ3v) is 12.0. The van der Waals surface area contributed by atoms with E-state index in [1.165, 1.54) is 57.8 Å². The Labute approximate surface area is 191 Å². The summed E-state index contributed by atoms with van der Waals surface area (Å²) in [5, 5.41) is 0.288. The summed E-state index contributed by atoms with van der Waals surface area (Å²) in [6, 6.07) is 0. The molecule has 0 spiro atoms. The number of hydrogen-bond donors (Lipinski definition) is 0. The highest BCUT2D eigenvalue weighted by molar-refractivity contribution is 7.99. The van der Waals surface area contributed by atoms with E-state index >= 15 is 0 Å². The highest BCUT2D eigenvalue weighted by Gasteiger charge is 2.61. The monoisotopic (exact) mass is 432 g/mol. The second kappa shape index (κ2) is 8.75. The molecule has 2 heteroatoms. The van der Waals surface area contributed by atoms with E-state index in [2.05, 4.69) is 40.9 Å². The topological polar surface area (TPSA) is 17.1 Å². The van der Waals surface area contributed by atoms with Crippen LogP contribution in [-0.4, -0.2) is 17.3 Å². The molecule has 4 saturated carbocycles. The average Bonchev–Trinajstić information content (AvgIpc) is 3.04. The Morgan fingerprint density at radius 3 is 2.40 bits per heavy atom. The number of carbonyl (C=O) groups excluding carboxylic acids is 1. The molecule has 4 fully saturated rings. The minimum Gasteiger partial charge on any atom is -0.298 e. The second-order valence-electron chi connectivity index (χ2n) is 12.8. The fourth-order valence-electron chi connectivity index (χ4n) is 9.33. The molecular formula is C28H48OS. The summed E-state index contributed by atoms with van der Waals surface area (Å²) >= 11 is 1.81. The van der Waals surface area contributed by atoms with E-state index in [4.69, 9.17) is 0 Å². The molecule has 0 aliphatic heterocycles. The Morgan fingerprint density at radius 2 is 1.70 bits per heavy atom. The first-order valence-electron chi connectivity index (χ1n) is 13.3. The maximum atomic E-state index is 12.9. The van der Waals surface area contributed by atoms with Gasteiger partial charge >= 0.3 is 0 Å². The van der Waals surface area contributed by atoms with Gasteiger partial charge in [0.2, 0.25) is 0 Å². The molecule has 0 aromatic rings. The van der Waals surface area contributed by atoms with Crippen molar-refractivity contribution in [2.45, 2.75) is 110 Å². The highest BCUT2D eigenvalue weighted by atomic mass is 32.2.